The van der Waals surface area contributed by atoms with Crippen molar-refractivity contribution >= 4 is 11.7 Å². The second-order valence-corrected chi connectivity index (χ2v) is 7.01. The highest BCUT2D eigenvalue weighted by Crippen LogP contribution is 2.41. The van der Waals surface area contributed by atoms with Crippen molar-refractivity contribution in [2.75, 3.05) is 52.4 Å². The highest BCUT2D eigenvalue weighted by atomic mass is 16.5. The molecule has 1 N–H and O–H groups in total. The topological polar surface area (TPSA) is 63.3 Å². The van der Waals surface area contributed by atoms with Crippen LogP contribution >= 0.6 is 0 Å². The third-order valence-corrected chi connectivity index (χ3v) is 5.11. The van der Waals surface area contributed by atoms with Gasteiger partial charge in [-0.2, -0.15) is 0 Å². The van der Waals surface area contributed by atoms with Crippen molar-refractivity contribution in [3.63, 3.8) is 0 Å². The maximum atomic E-state index is 12.5. The number of carbonyl (C=O) groups is 1. The van der Waals surface area contributed by atoms with Gasteiger partial charge in [-0.3, -0.25) is 0 Å². The molecule has 0 bridgehead atoms. The number of piperazine rings is 1. The molecule has 1 heterocycles. The number of aryl methyl sites for hydroxylation is 1. The van der Waals surface area contributed by atoms with Crippen molar-refractivity contribution in [2.45, 2.75) is 13.5 Å². The van der Waals surface area contributed by atoms with E-state index in [1.807, 2.05) is 42.2 Å². The van der Waals surface area contributed by atoms with Gasteiger partial charge in [-0.1, -0.05) is 29.8 Å². The lowest BCUT2D eigenvalue weighted by Crippen LogP contribution is -2.51. The van der Waals surface area contributed by atoms with Gasteiger partial charge < -0.3 is 29.3 Å². The molecule has 0 aliphatic carbocycles. The molecular weight excluding hydrogens is 370 g/mol. The van der Waals surface area contributed by atoms with Crippen molar-refractivity contribution in [3.8, 4) is 17.2 Å². The van der Waals surface area contributed by atoms with Crippen molar-refractivity contribution < 1.29 is 19.0 Å². The van der Waals surface area contributed by atoms with E-state index >= 15 is 0 Å². The van der Waals surface area contributed by atoms with Crippen LogP contribution in [0.2, 0.25) is 0 Å². The van der Waals surface area contributed by atoms with Crippen molar-refractivity contribution in [1.29, 1.82) is 0 Å². The van der Waals surface area contributed by atoms with Crippen LogP contribution in [0.25, 0.3) is 0 Å². The minimum absolute atomic E-state index is 0.0314. The number of benzene rings is 2. The Morgan fingerprint density at radius 2 is 1.62 bits per heavy atom. The molecule has 0 unspecified atom stereocenters. The molecule has 3 rings (SSSR count). The Morgan fingerprint density at radius 1 is 0.966 bits per heavy atom. The minimum atomic E-state index is -0.0314. The average Bonchev–Trinajstić information content (AvgIpc) is 2.76. The number of urea groups is 1. The fourth-order valence-electron chi connectivity index (χ4n) is 3.53. The number of hydrogen-bond donors (Lipinski definition) is 1. The standard InChI is InChI=1S/C22H29N3O4/c1-16-6-5-7-17(12-16)15-23-22(26)25-10-8-24(9-11-25)18-13-19(27-2)21(29-4)20(14-18)28-3/h5-7,12-14H,8-11,15H2,1-4H3,(H,23,26). The summed E-state index contributed by atoms with van der Waals surface area (Å²) in [4.78, 5) is 16.6. The van der Waals surface area contributed by atoms with Crippen LogP contribution in [0.15, 0.2) is 36.4 Å². The van der Waals surface area contributed by atoms with Crippen molar-refractivity contribution in [3.05, 3.63) is 47.5 Å². The van der Waals surface area contributed by atoms with Gasteiger partial charge in [-0.15, -0.1) is 0 Å². The monoisotopic (exact) mass is 399 g/mol. The number of hydrogen-bond acceptors (Lipinski definition) is 5. The zero-order valence-electron chi connectivity index (χ0n) is 17.5. The van der Waals surface area contributed by atoms with Crippen LogP contribution in [0.5, 0.6) is 17.2 Å². The summed E-state index contributed by atoms with van der Waals surface area (Å²) in [5, 5.41) is 3.01. The molecule has 2 aromatic carbocycles. The molecular formula is C22H29N3O4. The maximum Gasteiger partial charge on any atom is 0.317 e. The predicted octanol–water partition coefficient (Wildman–Crippen LogP) is 3.05. The smallest absolute Gasteiger partial charge is 0.317 e. The molecule has 1 aliphatic heterocycles. The molecule has 29 heavy (non-hydrogen) atoms. The van der Waals surface area contributed by atoms with Crippen LogP contribution in [-0.4, -0.2) is 58.4 Å². The molecule has 156 valence electrons. The van der Waals surface area contributed by atoms with E-state index in [0.717, 1.165) is 24.3 Å². The van der Waals surface area contributed by atoms with Gasteiger partial charge in [-0.05, 0) is 12.5 Å². The molecule has 7 nitrogen and oxygen atoms in total. The molecule has 7 heteroatoms. The quantitative estimate of drug-likeness (QED) is 0.809. The van der Waals surface area contributed by atoms with Crippen LogP contribution in [0, 0.1) is 6.92 Å². The van der Waals surface area contributed by atoms with E-state index in [2.05, 4.69) is 16.3 Å². The summed E-state index contributed by atoms with van der Waals surface area (Å²) < 4.78 is 16.3. The van der Waals surface area contributed by atoms with E-state index in [4.69, 9.17) is 14.2 Å². The summed E-state index contributed by atoms with van der Waals surface area (Å²) in [7, 11) is 4.81. The third-order valence-electron chi connectivity index (χ3n) is 5.11. The van der Waals surface area contributed by atoms with E-state index < -0.39 is 0 Å². The van der Waals surface area contributed by atoms with Crippen LogP contribution < -0.4 is 24.4 Å². The Morgan fingerprint density at radius 3 is 2.17 bits per heavy atom. The lowest BCUT2D eigenvalue weighted by molar-refractivity contribution is 0.194. The summed E-state index contributed by atoms with van der Waals surface area (Å²) >= 11 is 0. The second kappa shape index (κ2) is 9.41. The van der Waals surface area contributed by atoms with Crippen molar-refractivity contribution in [1.82, 2.24) is 10.2 Å². The number of amides is 2. The molecule has 0 atom stereocenters. The first-order valence-corrected chi connectivity index (χ1v) is 9.69. The predicted molar refractivity (Wildman–Crippen MR) is 113 cm³/mol. The van der Waals surface area contributed by atoms with Gasteiger partial charge in [0.05, 0.1) is 21.3 Å². The first-order valence-electron chi connectivity index (χ1n) is 9.69. The Bertz CT molecular complexity index is 823. The highest BCUT2D eigenvalue weighted by molar-refractivity contribution is 5.74. The summed E-state index contributed by atoms with van der Waals surface area (Å²) in [5.74, 6) is 1.83. The number of anilines is 1. The summed E-state index contributed by atoms with van der Waals surface area (Å²) in [6.07, 6.45) is 0. The highest BCUT2D eigenvalue weighted by Gasteiger charge is 2.23. The average molecular weight is 399 g/mol. The van der Waals surface area contributed by atoms with Gasteiger partial charge in [-0.25, -0.2) is 4.79 Å². The molecule has 0 radical (unpaired) electrons. The molecule has 1 aliphatic rings. The van der Waals surface area contributed by atoms with Crippen LogP contribution in [0.4, 0.5) is 10.5 Å². The Kier molecular flexibility index (Phi) is 6.69. The van der Waals surface area contributed by atoms with Gasteiger partial charge >= 0.3 is 6.03 Å². The largest absolute Gasteiger partial charge is 0.493 e. The third kappa shape index (κ3) is 4.85. The molecule has 2 amide bonds. The normalized spacial score (nSPS) is 13.8. The molecule has 0 aromatic heterocycles. The van der Waals surface area contributed by atoms with Gasteiger partial charge in [0.25, 0.3) is 0 Å². The molecule has 1 saturated heterocycles. The zero-order valence-corrected chi connectivity index (χ0v) is 17.5. The summed E-state index contributed by atoms with van der Waals surface area (Å²) in [6, 6.07) is 12.0. The lowest BCUT2D eigenvalue weighted by atomic mass is 10.1. The van der Waals surface area contributed by atoms with E-state index in [-0.39, 0.29) is 6.03 Å². The molecule has 0 spiro atoms. The zero-order chi connectivity index (χ0) is 20.8. The lowest BCUT2D eigenvalue weighted by Gasteiger charge is -2.36. The SMILES string of the molecule is COc1cc(N2CCN(C(=O)NCc3cccc(C)c3)CC2)cc(OC)c1OC. The molecule has 1 fully saturated rings. The maximum absolute atomic E-state index is 12.5. The number of nitrogens with zero attached hydrogens (tertiary/aromatic N) is 2. The van der Waals surface area contributed by atoms with Gasteiger partial charge in [0.15, 0.2) is 11.5 Å². The van der Waals surface area contributed by atoms with Crippen LogP contribution in [-0.2, 0) is 6.54 Å². The first kappa shape index (κ1) is 20.6. The van der Waals surface area contributed by atoms with E-state index in [0.29, 0.717) is 36.9 Å². The van der Waals surface area contributed by atoms with Gasteiger partial charge in [0, 0.05) is 50.5 Å². The summed E-state index contributed by atoms with van der Waals surface area (Å²) in [5.41, 5.74) is 3.28. The van der Waals surface area contributed by atoms with Crippen LogP contribution in [0.1, 0.15) is 11.1 Å². The first-order chi connectivity index (χ1) is 14.0. The molecule has 0 saturated carbocycles. The number of ether oxygens (including phenoxy) is 3. The van der Waals surface area contributed by atoms with E-state index in [1.54, 1.807) is 21.3 Å². The minimum Gasteiger partial charge on any atom is -0.493 e. The van der Waals surface area contributed by atoms with E-state index in [9.17, 15) is 4.79 Å². The summed E-state index contributed by atoms with van der Waals surface area (Å²) in [6.45, 7) is 5.35. The Hall–Kier alpha value is -3.09. The second-order valence-electron chi connectivity index (χ2n) is 7.01. The Labute approximate surface area is 172 Å². The van der Waals surface area contributed by atoms with Gasteiger partial charge in [0.2, 0.25) is 5.75 Å². The van der Waals surface area contributed by atoms with Gasteiger partial charge in [0.1, 0.15) is 0 Å². The fraction of sp³-hybridized carbons (Fsp3) is 0.409. The van der Waals surface area contributed by atoms with Crippen LogP contribution in [0.3, 0.4) is 0 Å². The van der Waals surface area contributed by atoms with Crippen molar-refractivity contribution in [2.24, 2.45) is 0 Å². The number of carbonyl (C=O) groups excluding carboxylic acids is 1. The number of nitrogens with one attached hydrogen (secondary N) is 1. The number of methoxy groups -OCH3 is 3. The van der Waals surface area contributed by atoms with E-state index in [1.165, 1.54) is 5.56 Å². The Balaban J connectivity index is 1.59. The fourth-order valence-corrected chi connectivity index (χ4v) is 3.53. The number of rotatable bonds is 6. The molecule has 2 aromatic rings.